The van der Waals surface area contributed by atoms with E-state index >= 15 is 0 Å². The van der Waals surface area contributed by atoms with Crippen LogP contribution in [-0.2, 0) is 30.2 Å². The first-order chi connectivity index (χ1) is 11.4. The molecule has 7 heteroatoms. The van der Waals surface area contributed by atoms with Gasteiger partial charge in [0.2, 0.25) is 5.91 Å². The molecule has 1 aromatic carbocycles. The number of alkyl halides is 3. The van der Waals surface area contributed by atoms with Gasteiger partial charge in [-0.25, -0.2) is 4.98 Å². The van der Waals surface area contributed by atoms with Crippen molar-refractivity contribution in [3.63, 3.8) is 0 Å². The Hall–Kier alpha value is -1.89. The summed E-state index contributed by atoms with van der Waals surface area (Å²) in [5, 5.41) is 3.46. The van der Waals surface area contributed by atoms with E-state index in [4.69, 9.17) is 0 Å². The summed E-state index contributed by atoms with van der Waals surface area (Å²) in [4.78, 5) is 17.9. The summed E-state index contributed by atoms with van der Waals surface area (Å²) >= 11 is 1.65. The first-order valence-electron chi connectivity index (χ1n) is 7.86. The predicted octanol–water partition coefficient (Wildman–Crippen LogP) is 4.61. The fourth-order valence-electron chi connectivity index (χ4n) is 2.73. The van der Waals surface area contributed by atoms with Crippen molar-refractivity contribution >= 4 is 22.9 Å². The van der Waals surface area contributed by atoms with Crippen LogP contribution in [0.25, 0.3) is 0 Å². The SMILES string of the molecule is O=C(CCc1nc2c(s1)CCCC2)Nc1cccc(C(F)(F)F)c1. The van der Waals surface area contributed by atoms with E-state index in [0.29, 0.717) is 6.42 Å². The molecule has 0 bridgehead atoms. The van der Waals surface area contributed by atoms with Gasteiger partial charge in [0, 0.05) is 23.4 Å². The largest absolute Gasteiger partial charge is 0.416 e. The Balaban J connectivity index is 1.57. The monoisotopic (exact) mass is 354 g/mol. The van der Waals surface area contributed by atoms with Crippen LogP contribution in [0.2, 0.25) is 0 Å². The van der Waals surface area contributed by atoms with E-state index in [9.17, 15) is 18.0 Å². The predicted molar refractivity (Wildman–Crippen MR) is 87.2 cm³/mol. The van der Waals surface area contributed by atoms with Gasteiger partial charge in [-0.3, -0.25) is 4.79 Å². The van der Waals surface area contributed by atoms with E-state index in [1.807, 2.05) is 0 Å². The Morgan fingerprint density at radius 3 is 2.79 bits per heavy atom. The topological polar surface area (TPSA) is 42.0 Å². The molecule has 0 saturated carbocycles. The van der Waals surface area contributed by atoms with Crippen molar-refractivity contribution in [2.24, 2.45) is 0 Å². The highest BCUT2D eigenvalue weighted by molar-refractivity contribution is 7.11. The Morgan fingerprint density at radius 1 is 1.25 bits per heavy atom. The zero-order valence-electron chi connectivity index (χ0n) is 12.9. The summed E-state index contributed by atoms with van der Waals surface area (Å²) in [5.41, 5.74) is 0.542. The third kappa shape index (κ3) is 4.14. The number of carbonyl (C=O) groups is 1. The minimum Gasteiger partial charge on any atom is -0.326 e. The number of aryl methyl sites for hydroxylation is 3. The van der Waals surface area contributed by atoms with E-state index < -0.39 is 11.7 Å². The average molecular weight is 354 g/mol. The Morgan fingerprint density at radius 2 is 2.04 bits per heavy atom. The van der Waals surface area contributed by atoms with Crippen molar-refractivity contribution in [3.05, 3.63) is 45.4 Å². The quantitative estimate of drug-likeness (QED) is 0.871. The summed E-state index contributed by atoms with van der Waals surface area (Å²) in [6.07, 6.45) is 0.717. The van der Waals surface area contributed by atoms with E-state index in [0.717, 1.165) is 42.1 Å². The van der Waals surface area contributed by atoms with Crippen LogP contribution in [0.4, 0.5) is 18.9 Å². The Kier molecular flexibility index (Phi) is 4.89. The molecule has 0 spiro atoms. The number of nitrogens with one attached hydrogen (secondary N) is 1. The van der Waals surface area contributed by atoms with E-state index in [-0.39, 0.29) is 18.0 Å². The van der Waals surface area contributed by atoms with Crippen LogP contribution >= 0.6 is 11.3 Å². The maximum absolute atomic E-state index is 12.7. The van der Waals surface area contributed by atoms with Crippen molar-refractivity contribution in [1.29, 1.82) is 0 Å². The minimum atomic E-state index is -4.42. The van der Waals surface area contributed by atoms with Gasteiger partial charge < -0.3 is 5.32 Å². The maximum Gasteiger partial charge on any atom is 0.416 e. The highest BCUT2D eigenvalue weighted by Crippen LogP contribution is 2.31. The number of hydrogen-bond acceptors (Lipinski definition) is 3. The molecule has 1 N–H and O–H groups in total. The number of carbonyl (C=O) groups excluding carboxylic acids is 1. The zero-order valence-corrected chi connectivity index (χ0v) is 13.8. The second-order valence-corrected chi connectivity index (χ2v) is 6.98. The number of aromatic nitrogens is 1. The van der Waals surface area contributed by atoms with Gasteiger partial charge in [0.1, 0.15) is 0 Å². The van der Waals surface area contributed by atoms with Crippen molar-refractivity contribution in [1.82, 2.24) is 4.98 Å². The van der Waals surface area contributed by atoms with Gasteiger partial charge in [0.05, 0.1) is 16.3 Å². The lowest BCUT2D eigenvalue weighted by atomic mass is 10.0. The molecule has 1 aliphatic rings. The van der Waals surface area contributed by atoms with Gasteiger partial charge in [-0.2, -0.15) is 13.2 Å². The van der Waals surface area contributed by atoms with Crippen LogP contribution in [0.15, 0.2) is 24.3 Å². The normalized spacial score (nSPS) is 14.3. The van der Waals surface area contributed by atoms with E-state index in [2.05, 4.69) is 10.3 Å². The molecule has 0 aliphatic heterocycles. The fourth-order valence-corrected chi connectivity index (χ4v) is 3.89. The fraction of sp³-hybridized carbons (Fsp3) is 0.412. The van der Waals surface area contributed by atoms with Gasteiger partial charge >= 0.3 is 6.18 Å². The number of hydrogen-bond donors (Lipinski definition) is 1. The van der Waals surface area contributed by atoms with Gasteiger partial charge in [-0.1, -0.05) is 6.07 Å². The van der Waals surface area contributed by atoms with Crippen LogP contribution < -0.4 is 5.32 Å². The Bertz CT molecular complexity index is 716. The van der Waals surface area contributed by atoms with Gasteiger partial charge in [-0.05, 0) is 43.9 Å². The van der Waals surface area contributed by atoms with Crippen LogP contribution in [-0.4, -0.2) is 10.9 Å². The van der Waals surface area contributed by atoms with Gasteiger partial charge in [0.25, 0.3) is 0 Å². The summed E-state index contributed by atoms with van der Waals surface area (Å²) < 4.78 is 38.0. The summed E-state index contributed by atoms with van der Waals surface area (Å²) in [7, 11) is 0. The van der Waals surface area contributed by atoms with Gasteiger partial charge in [-0.15, -0.1) is 11.3 Å². The number of thiazole rings is 1. The van der Waals surface area contributed by atoms with Gasteiger partial charge in [0.15, 0.2) is 0 Å². The molecule has 0 atom stereocenters. The van der Waals surface area contributed by atoms with Crippen molar-refractivity contribution < 1.29 is 18.0 Å². The van der Waals surface area contributed by atoms with Crippen molar-refractivity contribution in [3.8, 4) is 0 Å². The molecule has 0 fully saturated rings. The van der Waals surface area contributed by atoms with Crippen LogP contribution in [0, 0.1) is 0 Å². The van der Waals surface area contributed by atoms with Crippen LogP contribution in [0.1, 0.15) is 40.4 Å². The highest BCUT2D eigenvalue weighted by Gasteiger charge is 2.30. The molecule has 1 aromatic heterocycles. The van der Waals surface area contributed by atoms with Crippen molar-refractivity contribution in [2.45, 2.75) is 44.7 Å². The van der Waals surface area contributed by atoms with Crippen LogP contribution in [0.5, 0.6) is 0 Å². The number of rotatable bonds is 4. The number of fused-ring (bicyclic) bond motifs is 1. The molecule has 128 valence electrons. The van der Waals surface area contributed by atoms with E-state index in [1.54, 1.807) is 11.3 Å². The molecular weight excluding hydrogens is 337 g/mol. The third-order valence-electron chi connectivity index (χ3n) is 3.93. The second-order valence-electron chi connectivity index (χ2n) is 5.81. The number of anilines is 1. The molecule has 3 nitrogen and oxygen atoms in total. The smallest absolute Gasteiger partial charge is 0.326 e. The molecular formula is C17H17F3N2OS. The first kappa shape index (κ1) is 17.0. The molecule has 1 aliphatic carbocycles. The average Bonchev–Trinajstić information content (AvgIpc) is 2.95. The molecule has 1 heterocycles. The number of benzene rings is 1. The first-order valence-corrected chi connectivity index (χ1v) is 8.68. The molecule has 0 radical (unpaired) electrons. The standard InChI is InChI=1S/C17H17F3N2OS/c18-17(19,20)11-4-3-5-12(10-11)21-15(23)8-9-16-22-13-6-1-2-7-14(13)24-16/h3-5,10H,1-2,6-9H2,(H,21,23). The lowest BCUT2D eigenvalue weighted by molar-refractivity contribution is -0.137. The number of halogens is 3. The molecule has 24 heavy (non-hydrogen) atoms. The zero-order chi connectivity index (χ0) is 17.2. The molecule has 2 aromatic rings. The maximum atomic E-state index is 12.7. The molecule has 0 saturated heterocycles. The van der Waals surface area contributed by atoms with Crippen LogP contribution in [0.3, 0.4) is 0 Å². The number of nitrogens with zero attached hydrogens (tertiary/aromatic N) is 1. The molecule has 0 unspecified atom stereocenters. The summed E-state index contributed by atoms with van der Waals surface area (Å²) in [6, 6.07) is 4.66. The molecule has 3 rings (SSSR count). The minimum absolute atomic E-state index is 0.160. The lowest BCUT2D eigenvalue weighted by Crippen LogP contribution is -2.13. The lowest BCUT2D eigenvalue weighted by Gasteiger charge is -2.09. The summed E-state index contributed by atoms with van der Waals surface area (Å²) in [5.74, 6) is -0.303. The van der Waals surface area contributed by atoms with Crippen molar-refractivity contribution in [2.75, 3.05) is 5.32 Å². The third-order valence-corrected chi connectivity index (χ3v) is 5.15. The number of amides is 1. The highest BCUT2D eigenvalue weighted by atomic mass is 32.1. The Labute approximate surface area is 141 Å². The molecule has 1 amide bonds. The van der Waals surface area contributed by atoms with E-state index in [1.165, 1.54) is 23.4 Å². The second kappa shape index (κ2) is 6.93. The summed E-state index contributed by atoms with van der Waals surface area (Å²) in [6.45, 7) is 0.